The Kier molecular flexibility index (Phi) is 1.38. The van der Waals surface area contributed by atoms with Gasteiger partial charge in [-0.25, -0.2) is 0 Å². The molecular weight excluding hydrogens is 148 g/mol. The van der Waals surface area contributed by atoms with Crippen LogP contribution in [0.15, 0.2) is 0 Å². The van der Waals surface area contributed by atoms with E-state index in [1.807, 2.05) is 0 Å². The summed E-state index contributed by atoms with van der Waals surface area (Å²) >= 11 is 0. The summed E-state index contributed by atoms with van der Waals surface area (Å²) in [6.07, 6.45) is 7.52. The predicted octanol–water partition coefficient (Wildman–Crippen LogP) is 2.40. The first-order chi connectivity index (χ1) is 5.83. The molecule has 12 heavy (non-hydrogen) atoms. The molecule has 0 spiro atoms. The molecular formula is C11H16O. The molecule has 0 amide bonds. The van der Waals surface area contributed by atoms with E-state index < -0.39 is 0 Å². The van der Waals surface area contributed by atoms with Crippen LogP contribution in [0.2, 0.25) is 0 Å². The second kappa shape index (κ2) is 2.34. The lowest BCUT2D eigenvalue weighted by atomic mass is 9.54. The van der Waals surface area contributed by atoms with Crippen LogP contribution in [0.3, 0.4) is 0 Å². The number of Topliss-reactive ketones (excluding diaryl/α,β-unsaturated/α-hetero) is 1. The van der Waals surface area contributed by atoms with Gasteiger partial charge in [-0.15, -0.1) is 0 Å². The van der Waals surface area contributed by atoms with E-state index in [0.717, 1.165) is 36.5 Å². The van der Waals surface area contributed by atoms with Gasteiger partial charge < -0.3 is 0 Å². The maximum atomic E-state index is 11.4. The van der Waals surface area contributed by atoms with Gasteiger partial charge >= 0.3 is 0 Å². The quantitative estimate of drug-likeness (QED) is 0.537. The van der Waals surface area contributed by atoms with Crippen LogP contribution in [0.4, 0.5) is 0 Å². The highest BCUT2D eigenvalue weighted by molar-refractivity contribution is 5.80. The third-order valence-corrected chi connectivity index (χ3v) is 4.37. The van der Waals surface area contributed by atoms with Crippen molar-refractivity contribution in [1.29, 1.82) is 0 Å². The SMILES string of the molecule is O=C1C[C@@H]2CC3CCC2[C@@H](C1)C3. The summed E-state index contributed by atoms with van der Waals surface area (Å²) in [7, 11) is 0. The number of hydrogen-bond acceptors (Lipinski definition) is 1. The Labute approximate surface area is 73.5 Å². The summed E-state index contributed by atoms with van der Waals surface area (Å²) in [6, 6.07) is 0. The fraction of sp³-hybridized carbons (Fsp3) is 0.909. The van der Waals surface area contributed by atoms with E-state index in [2.05, 4.69) is 0 Å². The van der Waals surface area contributed by atoms with Crippen molar-refractivity contribution < 1.29 is 4.79 Å². The van der Waals surface area contributed by atoms with Gasteiger partial charge in [-0.1, -0.05) is 6.42 Å². The van der Waals surface area contributed by atoms with E-state index >= 15 is 0 Å². The van der Waals surface area contributed by atoms with Crippen LogP contribution in [0.5, 0.6) is 0 Å². The number of rotatable bonds is 0. The van der Waals surface area contributed by atoms with E-state index in [0.29, 0.717) is 5.78 Å². The van der Waals surface area contributed by atoms with Crippen molar-refractivity contribution in [2.45, 2.75) is 38.5 Å². The van der Waals surface area contributed by atoms with Gasteiger partial charge in [0, 0.05) is 12.8 Å². The summed E-state index contributed by atoms with van der Waals surface area (Å²) in [5, 5.41) is 0. The van der Waals surface area contributed by atoms with Crippen molar-refractivity contribution >= 4 is 5.78 Å². The zero-order valence-electron chi connectivity index (χ0n) is 7.46. The van der Waals surface area contributed by atoms with Crippen molar-refractivity contribution in [3.63, 3.8) is 0 Å². The van der Waals surface area contributed by atoms with E-state index in [1.54, 1.807) is 0 Å². The third-order valence-electron chi connectivity index (χ3n) is 4.37. The molecule has 2 unspecified atom stereocenters. The molecule has 0 aliphatic heterocycles. The predicted molar refractivity (Wildman–Crippen MR) is 46.7 cm³/mol. The van der Waals surface area contributed by atoms with Gasteiger partial charge in [0.2, 0.25) is 0 Å². The Morgan fingerprint density at radius 1 is 1.00 bits per heavy atom. The normalized spacial score (nSPS) is 51.2. The molecule has 0 aromatic rings. The van der Waals surface area contributed by atoms with Crippen molar-refractivity contribution in [3.05, 3.63) is 0 Å². The molecule has 4 atom stereocenters. The molecule has 0 N–H and O–H groups in total. The molecule has 0 aromatic carbocycles. The molecule has 1 nitrogen and oxygen atoms in total. The van der Waals surface area contributed by atoms with Crippen molar-refractivity contribution in [2.24, 2.45) is 23.7 Å². The molecule has 0 saturated heterocycles. The molecule has 4 saturated carbocycles. The van der Waals surface area contributed by atoms with Gasteiger partial charge in [-0.2, -0.15) is 0 Å². The fourth-order valence-electron chi connectivity index (χ4n) is 3.96. The van der Waals surface area contributed by atoms with Crippen LogP contribution in [-0.4, -0.2) is 5.78 Å². The number of hydrogen-bond donors (Lipinski definition) is 0. The Morgan fingerprint density at radius 3 is 2.25 bits per heavy atom. The Hall–Kier alpha value is -0.330. The number of ketones is 1. The molecule has 0 aromatic heterocycles. The summed E-state index contributed by atoms with van der Waals surface area (Å²) in [5.74, 6) is 4.12. The van der Waals surface area contributed by atoms with E-state index in [-0.39, 0.29) is 0 Å². The topological polar surface area (TPSA) is 17.1 Å². The summed E-state index contributed by atoms with van der Waals surface area (Å²) in [6.45, 7) is 0. The maximum Gasteiger partial charge on any atom is 0.133 e. The lowest BCUT2D eigenvalue weighted by molar-refractivity contribution is -0.129. The monoisotopic (exact) mass is 164 g/mol. The summed E-state index contributed by atoms with van der Waals surface area (Å²) in [4.78, 5) is 11.4. The minimum absolute atomic E-state index is 0.557. The minimum Gasteiger partial charge on any atom is -0.300 e. The first-order valence-corrected chi connectivity index (χ1v) is 5.34. The second-order valence-corrected chi connectivity index (χ2v) is 5.05. The van der Waals surface area contributed by atoms with E-state index in [4.69, 9.17) is 0 Å². The fourth-order valence-corrected chi connectivity index (χ4v) is 3.96. The van der Waals surface area contributed by atoms with Gasteiger partial charge in [-0.3, -0.25) is 4.79 Å². The van der Waals surface area contributed by atoms with Gasteiger partial charge in [0.1, 0.15) is 5.78 Å². The van der Waals surface area contributed by atoms with Gasteiger partial charge in [0.25, 0.3) is 0 Å². The van der Waals surface area contributed by atoms with Crippen LogP contribution in [0.1, 0.15) is 38.5 Å². The number of fused-ring (bicyclic) bond motifs is 1. The Morgan fingerprint density at radius 2 is 1.67 bits per heavy atom. The molecule has 1 heteroatoms. The average molecular weight is 164 g/mol. The van der Waals surface area contributed by atoms with Crippen molar-refractivity contribution in [1.82, 2.24) is 0 Å². The van der Waals surface area contributed by atoms with Gasteiger partial charge in [0.05, 0.1) is 0 Å². The molecule has 4 bridgehead atoms. The van der Waals surface area contributed by atoms with E-state index in [1.165, 1.54) is 25.7 Å². The standard InChI is InChI=1S/C11H16O/c12-10-5-8-3-7-1-2-11(8)9(4-7)6-10/h7-9,11H,1-6H2/t7?,8-,9+,11?. The smallest absolute Gasteiger partial charge is 0.133 e. The molecule has 4 aliphatic rings. The molecule has 66 valence electrons. The number of carbonyl (C=O) groups is 1. The first-order valence-electron chi connectivity index (χ1n) is 5.34. The minimum atomic E-state index is 0.557. The van der Waals surface area contributed by atoms with Crippen LogP contribution >= 0.6 is 0 Å². The van der Waals surface area contributed by atoms with Crippen LogP contribution in [0.25, 0.3) is 0 Å². The second-order valence-electron chi connectivity index (χ2n) is 5.05. The highest BCUT2D eigenvalue weighted by Gasteiger charge is 2.45. The maximum absolute atomic E-state index is 11.4. The average Bonchev–Trinajstić information content (AvgIpc) is 2.03. The van der Waals surface area contributed by atoms with E-state index in [9.17, 15) is 4.79 Å². The summed E-state index contributed by atoms with van der Waals surface area (Å²) in [5.41, 5.74) is 0. The summed E-state index contributed by atoms with van der Waals surface area (Å²) < 4.78 is 0. The molecule has 4 aliphatic carbocycles. The number of carbonyl (C=O) groups excluding carboxylic acids is 1. The molecule has 0 heterocycles. The van der Waals surface area contributed by atoms with Crippen LogP contribution in [0, 0.1) is 23.7 Å². The zero-order valence-corrected chi connectivity index (χ0v) is 7.46. The molecule has 4 rings (SSSR count). The highest BCUT2D eigenvalue weighted by Crippen LogP contribution is 2.53. The van der Waals surface area contributed by atoms with Crippen LogP contribution < -0.4 is 0 Å². The Bertz CT molecular complexity index is 203. The third kappa shape index (κ3) is 0.884. The Balaban J connectivity index is 1.89. The van der Waals surface area contributed by atoms with Gasteiger partial charge in [-0.05, 0) is 42.9 Å². The highest BCUT2D eigenvalue weighted by atomic mass is 16.1. The first kappa shape index (κ1) is 7.11. The molecule has 0 radical (unpaired) electrons. The van der Waals surface area contributed by atoms with Crippen molar-refractivity contribution in [3.8, 4) is 0 Å². The van der Waals surface area contributed by atoms with Crippen molar-refractivity contribution in [2.75, 3.05) is 0 Å². The zero-order chi connectivity index (χ0) is 8.13. The lowest BCUT2D eigenvalue weighted by Crippen LogP contribution is -2.43. The van der Waals surface area contributed by atoms with Gasteiger partial charge in [0.15, 0.2) is 0 Å². The van der Waals surface area contributed by atoms with Crippen LogP contribution in [-0.2, 0) is 4.79 Å². The molecule has 4 fully saturated rings. The lowest BCUT2D eigenvalue weighted by Gasteiger charge is -2.50. The largest absolute Gasteiger partial charge is 0.300 e.